The van der Waals surface area contributed by atoms with Crippen molar-refractivity contribution < 1.29 is 0 Å². The zero-order chi connectivity index (χ0) is 12.1. The fraction of sp³-hybridized carbons (Fsp3) is 0.357. The molecule has 17 heavy (non-hydrogen) atoms. The molecule has 2 rings (SSSR count). The average molecular weight is 229 g/mol. The van der Waals surface area contributed by atoms with E-state index >= 15 is 0 Å². The third kappa shape index (κ3) is 2.74. The Morgan fingerprint density at radius 3 is 2.59 bits per heavy atom. The lowest BCUT2D eigenvalue weighted by atomic mass is 10.1. The highest BCUT2D eigenvalue weighted by molar-refractivity contribution is 5.59. The number of hydrogen-bond acceptors (Lipinski definition) is 2. The van der Waals surface area contributed by atoms with Crippen LogP contribution < -0.4 is 5.32 Å². The Kier molecular flexibility index (Phi) is 3.94. The Bertz CT molecular complexity index is 457. The minimum Gasteiger partial charge on any atom is -0.316 e. The van der Waals surface area contributed by atoms with Crippen molar-refractivity contribution in [3.05, 3.63) is 42.1 Å². The first-order valence-corrected chi connectivity index (χ1v) is 6.11. The van der Waals surface area contributed by atoms with Gasteiger partial charge >= 0.3 is 0 Å². The summed E-state index contributed by atoms with van der Waals surface area (Å²) < 4.78 is 2.06. The quantitative estimate of drug-likeness (QED) is 0.854. The fourth-order valence-electron chi connectivity index (χ4n) is 1.97. The number of aryl methyl sites for hydroxylation is 1. The van der Waals surface area contributed by atoms with E-state index in [4.69, 9.17) is 0 Å². The lowest BCUT2D eigenvalue weighted by Crippen LogP contribution is -2.05. The van der Waals surface area contributed by atoms with Gasteiger partial charge in [-0.15, -0.1) is 0 Å². The van der Waals surface area contributed by atoms with Crippen molar-refractivity contribution in [3.63, 3.8) is 0 Å². The van der Waals surface area contributed by atoms with Crippen LogP contribution in [0.25, 0.3) is 11.3 Å². The summed E-state index contributed by atoms with van der Waals surface area (Å²) in [7, 11) is 1.96. The van der Waals surface area contributed by atoms with Crippen molar-refractivity contribution in [2.24, 2.45) is 0 Å². The maximum absolute atomic E-state index is 4.35. The molecule has 0 amide bonds. The summed E-state index contributed by atoms with van der Waals surface area (Å²) in [6.45, 7) is 4.05. The molecule has 0 saturated carbocycles. The van der Waals surface area contributed by atoms with E-state index in [1.807, 2.05) is 13.2 Å². The highest BCUT2D eigenvalue weighted by Gasteiger charge is 2.04. The number of rotatable bonds is 5. The summed E-state index contributed by atoms with van der Waals surface area (Å²) in [4.78, 5) is 0. The van der Waals surface area contributed by atoms with Crippen molar-refractivity contribution in [3.8, 4) is 11.3 Å². The molecule has 0 spiro atoms. The number of benzene rings is 1. The van der Waals surface area contributed by atoms with E-state index in [0.717, 1.165) is 19.5 Å². The summed E-state index contributed by atoms with van der Waals surface area (Å²) >= 11 is 0. The maximum atomic E-state index is 4.35. The molecule has 0 aliphatic rings. The molecule has 0 aliphatic heterocycles. The maximum Gasteiger partial charge on any atom is 0.0682 e. The van der Waals surface area contributed by atoms with Crippen molar-refractivity contribution in [1.29, 1.82) is 0 Å². The fourth-order valence-corrected chi connectivity index (χ4v) is 1.97. The van der Waals surface area contributed by atoms with Gasteiger partial charge in [0.15, 0.2) is 0 Å². The van der Waals surface area contributed by atoms with Gasteiger partial charge in [-0.3, -0.25) is 4.68 Å². The van der Waals surface area contributed by atoms with E-state index in [1.54, 1.807) is 0 Å². The predicted molar refractivity (Wildman–Crippen MR) is 70.7 cm³/mol. The molecule has 0 fully saturated rings. The molecule has 0 bridgehead atoms. The molecule has 3 nitrogen and oxygen atoms in total. The molecule has 0 atom stereocenters. The molecule has 1 aromatic carbocycles. The second kappa shape index (κ2) is 5.64. The molecule has 0 radical (unpaired) electrons. The Morgan fingerprint density at radius 2 is 1.94 bits per heavy atom. The zero-order valence-electron chi connectivity index (χ0n) is 10.5. The molecular formula is C14H19N3. The first-order chi connectivity index (χ1) is 8.35. The van der Waals surface area contributed by atoms with Gasteiger partial charge in [-0.05, 0) is 30.7 Å². The number of nitrogens with one attached hydrogen (secondary N) is 1. The second-order valence-corrected chi connectivity index (χ2v) is 4.17. The first-order valence-electron chi connectivity index (χ1n) is 6.11. The smallest absolute Gasteiger partial charge is 0.0682 e. The van der Waals surface area contributed by atoms with E-state index < -0.39 is 0 Å². The summed E-state index contributed by atoms with van der Waals surface area (Å²) in [6, 6.07) is 10.7. The normalized spacial score (nSPS) is 10.7. The molecular weight excluding hydrogens is 210 g/mol. The summed E-state index contributed by atoms with van der Waals surface area (Å²) in [5.74, 6) is 0. The van der Waals surface area contributed by atoms with Gasteiger partial charge in [-0.1, -0.05) is 31.2 Å². The highest BCUT2D eigenvalue weighted by Crippen LogP contribution is 2.19. The van der Waals surface area contributed by atoms with Crippen LogP contribution in [0.4, 0.5) is 0 Å². The SMILES string of the molecule is CCCn1nccc1-c1ccc(CNC)cc1. The summed E-state index contributed by atoms with van der Waals surface area (Å²) in [5, 5.41) is 7.50. The number of aromatic nitrogens is 2. The van der Waals surface area contributed by atoms with Crippen molar-refractivity contribution in [2.75, 3.05) is 7.05 Å². The lowest BCUT2D eigenvalue weighted by Gasteiger charge is -2.07. The molecule has 0 unspecified atom stereocenters. The van der Waals surface area contributed by atoms with Gasteiger partial charge in [-0.2, -0.15) is 5.10 Å². The van der Waals surface area contributed by atoms with Gasteiger partial charge in [-0.25, -0.2) is 0 Å². The van der Waals surface area contributed by atoms with E-state index in [1.165, 1.54) is 16.8 Å². The van der Waals surface area contributed by atoms with Crippen LogP contribution in [-0.4, -0.2) is 16.8 Å². The predicted octanol–water partition coefficient (Wildman–Crippen LogP) is 2.68. The van der Waals surface area contributed by atoms with Crippen LogP contribution in [0.15, 0.2) is 36.5 Å². The van der Waals surface area contributed by atoms with E-state index in [-0.39, 0.29) is 0 Å². The largest absolute Gasteiger partial charge is 0.316 e. The first kappa shape index (κ1) is 11.9. The number of nitrogens with zero attached hydrogens (tertiary/aromatic N) is 2. The van der Waals surface area contributed by atoms with E-state index in [2.05, 4.69) is 52.4 Å². The van der Waals surface area contributed by atoms with Crippen LogP contribution >= 0.6 is 0 Å². The molecule has 90 valence electrons. The van der Waals surface area contributed by atoms with Crippen LogP contribution in [0.1, 0.15) is 18.9 Å². The standard InChI is InChI=1S/C14H19N3/c1-3-10-17-14(8-9-16-17)13-6-4-12(5-7-13)11-15-2/h4-9,15H,3,10-11H2,1-2H3. The zero-order valence-corrected chi connectivity index (χ0v) is 10.5. The molecule has 0 saturated heterocycles. The molecule has 1 aromatic heterocycles. The summed E-state index contributed by atoms with van der Waals surface area (Å²) in [5.41, 5.74) is 3.73. The van der Waals surface area contributed by atoms with Crippen LogP contribution in [0, 0.1) is 0 Å². The van der Waals surface area contributed by atoms with Crippen LogP contribution in [-0.2, 0) is 13.1 Å². The van der Waals surface area contributed by atoms with Gasteiger partial charge < -0.3 is 5.32 Å². The highest BCUT2D eigenvalue weighted by atomic mass is 15.3. The van der Waals surface area contributed by atoms with Gasteiger partial charge in [0.1, 0.15) is 0 Å². The molecule has 3 heteroatoms. The van der Waals surface area contributed by atoms with Crippen molar-refractivity contribution >= 4 is 0 Å². The third-order valence-corrected chi connectivity index (χ3v) is 2.78. The second-order valence-electron chi connectivity index (χ2n) is 4.17. The van der Waals surface area contributed by atoms with E-state index in [0.29, 0.717) is 0 Å². The Balaban J connectivity index is 2.23. The average Bonchev–Trinajstić information content (AvgIpc) is 2.79. The summed E-state index contributed by atoms with van der Waals surface area (Å²) in [6.07, 6.45) is 2.97. The molecule has 1 heterocycles. The molecule has 1 N–H and O–H groups in total. The van der Waals surface area contributed by atoms with E-state index in [9.17, 15) is 0 Å². The van der Waals surface area contributed by atoms with Gasteiger partial charge in [0.2, 0.25) is 0 Å². The topological polar surface area (TPSA) is 29.9 Å². The monoisotopic (exact) mass is 229 g/mol. The van der Waals surface area contributed by atoms with Gasteiger partial charge in [0.25, 0.3) is 0 Å². The Labute approximate surface area is 102 Å². The van der Waals surface area contributed by atoms with Crippen molar-refractivity contribution in [2.45, 2.75) is 26.4 Å². The number of hydrogen-bond donors (Lipinski definition) is 1. The van der Waals surface area contributed by atoms with Gasteiger partial charge in [0, 0.05) is 19.3 Å². The minimum absolute atomic E-state index is 0.911. The molecule has 0 aliphatic carbocycles. The van der Waals surface area contributed by atoms with Gasteiger partial charge in [0.05, 0.1) is 5.69 Å². The van der Waals surface area contributed by atoms with Crippen LogP contribution in [0.2, 0.25) is 0 Å². The van der Waals surface area contributed by atoms with Crippen LogP contribution in [0.3, 0.4) is 0 Å². The Morgan fingerprint density at radius 1 is 1.18 bits per heavy atom. The van der Waals surface area contributed by atoms with Crippen LogP contribution in [0.5, 0.6) is 0 Å². The molecule has 2 aromatic rings. The third-order valence-electron chi connectivity index (χ3n) is 2.78. The minimum atomic E-state index is 0.911. The lowest BCUT2D eigenvalue weighted by molar-refractivity contribution is 0.609. The van der Waals surface area contributed by atoms with Crippen molar-refractivity contribution in [1.82, 2.24) is 15.1 Å². The Hall–Kier alpha value is -1.61.